The lowest BCUT2D eigenvalue weighted by molar-refractivity contribution is -0.168. The van der Waals surface area contributed by atoms with Crippen molar-refractivity contribution < 1.29 is 19.8 Å². The Labute approximate surface area is 94.7 Å². The fourth-order valence-electron chi connectivity index (χ4n) is 3.71. The van der Waals surface area contributed by atoms with E-state index in [1.165, 1.54) is 0 Å². The zero-order valence-corrected chi connectivity index (χ0v) is 9.53. The van der Waals surface area contributed by atoms with Gasteiger partial charge in [-0.1, -0.05) is 12.8 Å². The average Bonchev–Trinajstić information content (AvgIpc) is 2.16. The zero-order valence-electron chi connectivity index (χ0n) is 9.53. The summed E-state index contributed by atoms with van der Waals surface area (Å²) in [6.07, 6.45) is 4.15. The van der Waals surface area contributed by atoms with Crippen LogP contribution < -0.4 is 0 Å². The summed E-state index contributed by atoms with van der Waals surface area (Å²) in [5.41, 5.74) is -1.62. The van der Waals surface area contributed by atoms with E-state index in [0.717, 1.165) is 12.8 Å². The van der Waals surface area contributed by atoms with Crippen molar-refractivity contribution in [2.45, 2.75) is 45.4 Å². The number of fused-ring (bicyclic) bond motifs is 2. The maximum Gasteiger partial charge on any atom is 0.309 e. The molecule has 16 heavy (non-hydrogen) atoms. The van der Waals surface area contributed by atoms with Crippen molar-refractivity contribution in [3.05, 3.63) is 0 Å². The fraction of sp³-hybridized carbons (Fsp3) is 0.833. The molecule has 3 atom stereocenters. The predicted octanol–water partition coefficient (Wildman–Crippen LogP) is 2.13. The van der Waals surface area contributed by atoms with Gasteiger partial charge in [-0.3, -0.25) is 9.59 Å². The molecule has 0 spiro atoms. The maximum absolute atomic E-state index is 11.4. The van der Waals surface area contributed by atoms with Gasteiger partial charge in [0.1, 0.15) is 0 Å². The number of rotatable bonds is 2. The van der Waals surface area contributed by atoms with Crippen LogP contribution in [0, 0.1) is 16.7 Å². The van der Waals surface area contributed by atoms with Crippen LogP contribution in [0.15, 0.2) is 0 Å². The van der Waals surface area contributed by atoms with E-state index in [4.69, 9.17) is 0 Å². The molecule has 0 saturated heterocycles. The highest BCUT2D eigenvalue weighted by molar-refractivity contribution is 5.79. The highest BCUT2D eigenvalue weighted by Crippen LogP contribution is 2.55. The Morgan fingerprint density at radius 2 is 1.88 bits per heavy atom. The molecular formula is C12H18O4. The van der Waals surface area contributed by atoms with Crippen LogP contribution in [0.5, 0.6) is 0 Å². The Morgan fingerprint density at radius 1 is 1.19 bits per heavy atom. The standard InChI is InChI=1S/C12H18O4/c1-11(9(13)14)5-8-3-2-4-12(6-8,7-11)10(15)16/h8H,2-7H2,1H3,(H,13,14)(H,15,16)/t8-,11-,12+/m0/s1. The van der Waals surface area contributed by atoms with Gasteiger partial charge in [0, 0.05) is 0 Å². The Balaban J connectivity index is 2.32. The molecule has 4 heteroatoms. The summed E-state index contributed by atoms with van der Waals surface area (Å²) < 4.78 is 0. The molecule has 4 nitrogen and oxygen atoms in total. The predicted molar refractivity (Wildman–Crippen MR) is 57.0 cm³/mol. The number of hydrogen-bond acceptors (Lipinski definition) is 2. The first-order valence-corrected chi connectivity index (χ1v) is 5.85. The number of hydrogen-bond donors (Lipinski definition) is 2. The number of carboxylic acids is 2. The molecule has 0 heterocycles. The molecule has 0 aromatic carbocycles. The summed E-state index contributed by atoms with van der Waals surface area (Å²) >= 11 is 0. The van der Waals surface area contributed by atoms with Crippen LogP contribution >= 0.6 is 0 Å². The van der Waals surface area contributed by atoms with Gasteiger partial charge in [-0.05, 0) is 38.5 Å². The highest BCUT2D eigenvalue weighted by Gasteiger charge is 2.54. The first kappa shape index (κ1) is 11.4. The number of carboxylic acid groups (broad SMARTS) is 2. The lowest BCUT2D eigenvalue weighted by Gasteiger charge is -2.48. The van der Waals surface area contributed by atoms with Gasteiger partial charge >= 0.3 is 11.9 Å². The molecule has 0 radical (unpaired) electrons. The minimum Gasteiger partial charge on any atom is -0.481 e. The van der Waals surface area contributed by atoms with Crippen molar-refractivity contribution in [3.8, 4) is 0 Å². The maximum atomic E-state index is 11.4. The van der Waals surface area contributed by atoms with Gasteiger partial charge in [-0.25, -0.2) is 0 Å². The van der Waals surface area contributed by atoms with Crippen molar-refractivity contribution in [1.29, 1.82) is 0 Å². The van der Waals surface area contributed by atoms with E-state index in [1.54, 1.807) is 6.92 Å². The normalized spacial score (nSPS) is 42.7. The summed E-state index contributed by atoms with van der Waals surface area (Å²) in [5.74, 6) is -1.37. The molecule has 2 N–H and O–H groups in total. The summed E-state index contributed by atoms with van der Waals surface area (Å²) in [6.45, 7) is 1.70. The van der Waals surface area contributed by atoms with Crippen LogP contribution in [-0.2, 0) is 9.59 Å². The Hall–Kier alpha value is -1.06. The van der Waals surface area contributed by atoms with Gasteiger partial charge in [-0.15, -0.1) is 0 Å². The van der Waals surface area contributed by atoms with E-state index >= 15 is 0 Å². The molecule has 2 rings (SSSR count). The molecule has 0 aromatic rings. The Morgan fingerprint density at radius 3 is 2.44 bits per heavy atom. The van der Waals surface area contributed by atoms with Gasteiger partial charge in [0.05, 0.1) is 10.8 Å². The third-order valence-electron chi connectivity index (χ3n) is 4.38. The molecule has 90 valence electrons. The molecule has 0 amide bonds. The van der Waals surface area contributed by atoms with Crippen LogP contribution in [0.4, 0.5) is 0 Å². The monoisotopic (exact) mass is 226 g/mol. The van der Waals surface area contributed by atoms with E-state index in [9.17, 15) is 19.8 Å². The number of carbonyl (C=O) groups is 2. The topological polar surface area (TPSA) is 74.6 Å². The quantitative estimate of drug-likeness (QED) is 0.756. The van der Waals surface area contributed by atoms with Crippen molar-refractivity contribution >= 4 is 11.9 Å². The molecule has 0 aliphatic heterocycles. The Kier molecular flexibility index (Phi) is 2.48. The molecule has 2 bridgehead atoms. The molecule has 2 saturated carbocycles. The summed E-state index contributed by atoms with van der Waals surface area (Å²) in [5, 5.41) is 18.6. The zero-order chi connectivity index (χ0) is 12.0. The summed E-state index contributed by atoms with van der Waals surface area (Å²) in [4.78, 5) is 22.7. The van der Waals surface area contributed by atoms with Gasteiger partial charge in [0.15, 0.2) is 0 Å². The van der Waals surface area contributed by atoms with E-state index in [1.807, 2.05) is 0 Å². The van der Waals surface area contributed by atoms with Crippen LogP contribution in [-0.4, -0.2) is 22.2 Å². The molecular weight excluding hydrogens is 208 g/mol. The van der Waals surface area contributed by atoms with Gasteiger partial charge in [-0.2, -0.15) is 0 Å². The van der Waals surface area contributed by atoms with Crippen LogP contribution in [0.2, 0.25) is 0 Å². The largest absolute Gasteiger partial charge is 0.481 e. The van der Waals surface area contributed by atoms with E-state index in [0.29, 0.717) is 25.7 Å². The van der Waals surface area contributed by atoms with E-state index in [-0.39, 0.29) is 5.92 Å². The minimum atomic E-state index is -0.846. The summed E-state index contributed by atoms with van der Waals surface area (Å²) in [6, 6.07) is 0. The van der Waals surface area contributed by atoms with Gasteiger partial charge < -0.3 is 10.2 Å². The average molecular weight is 226 g/mol. The second kappa shape index (κ2) is 3.47. The third-order valence-corrected chi connectivity index (χ3v) is 4.38. The SMILES string of the molecule is C[C@]1(C(=O)O)C[C@@H]2CCC[C@@](C(=O)O)(C2)C1. The lowest BCUT2D eigenvalue weighted by Crippen LogP contribution is -2.49. The molecule has 0 aromatic heterocycles. The smallest absolute Gasteiger partial charge is 0.309 e. The van der Waals surface area contributed by atoms with Crippen LogP contribution in [0.1, 0.15) is 45.4 Å². The molecule has 2 aliphatic carbocycles. The third kappa shape index (κ3) is 1.60. The van der Waals surface area contributed by atoms with Crippen molar-refractivity contribution in [3.63, 3.8) is 0 Å². The fourth-order valence-corrected chi connectivity index (χ4v) is 3.71. The lowest BCUT2D eigenvalue weighted by atomic mass is 9.54. The second-order valence-electron chi connectivity index (χ2n) is 5.79. The first-order valence-electron chi connectivity index (χ1n) is 5.85. The van der Waals surface area contributed by atoms with Gasteiger partial charge in [0.25, 0.3) is 0 Å². The molecule has 0 unspecified atom stereocenters. The van der Waals surface area contributed by atoms with E-state index < -0.39 is 22.8 Å². The molecule has 2 fully saturated rings. The molecule has 2 aliphatic rings. The van der Waals surface area contributed by atoms with Crippen molar-refractivity contribution in [2.24, 2.45) is 16.7 Å². The number of aliphatic carboxylic acids is 2. The van der Waals surface area contributed by atoms with Crippen molar-refractivity contribution in [1.82, 2.24) is 0 Å². The summed E-state index contributed by atoms with van der Waals surface area (Å²) in [7, 11) is 0. The van der Waals surface area contributed by atoms with Crippen molar-refractivity contribution in [2.75, 3.05) is 0 Å². The van der Waals surface area contributed by atoms with Crippen LogP contribution in [0.3, 0.4) is 0 Å². The highest BCUT2D eigenvalue weighted by atomic mass is 16.4. The second-order valence-corrected chi connectivity index (χ2v) is 5.79. The first-order chi connectivity index (χ1) is 7.38. The van der Waals surface area contributed by atoms with Crippen LogP contribution in [0.25, 0.3) is 0 Å². The van der Waals surface area contributed by atoms with E-state index in [2.05, 4.69) is 0 Å². The van der Waals surface area contributed by atoms with Gasteiger partial charge in [0.2, 0.25) is 0 Å². The minimum absolute atomic E-state index is 0.277. The Bertz CT molecular complexity index is 336.